The van der Waals surface area contributed by atoms with Gasteiger partial charge in [0.1, 0.15) is 6.54 Å². The highest BCUT2D eigenvalue weighted by molar-refractivity contribution is 5.95. The molecule has 0 aliphatic carbocycles. The van der Waals surface area contributed by atoms with Gasteiger partial charge >= 0.3 is 0 Å². The third kappa shape index (κ3) is 3.19. The molecular formula is C20H19N5O2. The summed E-state index contributed by atoms with van der Waals surface area (Å²) >= 11 is 0. The van der Waals surface area contributed by atoms with Crippen molar-refractivity contribution in [2.45, 2.75) is 26.3 Å². The van der Waals surface area contributed by atoms with Gasteiger partial charge in [-0.3, -0.25) is 4.79 Å². The summed E-state index contributed by atoms with van der Waals surface area (Å²) in [5, 5.41) is 18.7. The summed E-state index contributed by atoms with van der Waals surface area (Å²) in [5.74, 6) is -0.185. The first-order valence-electron chi connectivity index (χ1n) is 8.72. The van der Waals surface area contributed by atoms with E-state index in [0.717, 1.165) is 27.5 Å². The van der Waals surface area contributed by atoms with E-state index in [-0.39, 0.29) is 18.1 Å². The van der Waals surface area contributed by atoms with E-state index in [1.54, 1.807) is 10.9 Å². The zero-order valence-corrected chi connectivity index (χ0v) is 15.0. The van der Waals surface area contributed by atoms with E-state index in [1.807, 2.05) is 42.5 Å². The lowest BCUT2D eigenvalue weighted by molar-refractivity contribution is -0.118. The molecule has 1 amide bonds. The first kappa shape index (κ1) is 17.0. The van der Waals surface area contributed by atoms with E-state index in [1.165, 1.54) is 0 Å². The van der Waals surface area contributed by atoms with E-state index in [9.17, 15) is 9.90 Å². The Bertz CT molecular complexity index is 1170. The van der Waals surface area contributed by atoms with Crippen molar-refractivity contribution in [3.05, 3.63) is 54.4 Å². The van der Waals surface area contributed by atoms with Gasteiger partial charge in [0, 0.05) is 5.39 Å². The summed E-state index contributed by atoms with van der Waals surface area (Å²) in [5.41, 5.74) is 3.82. The molecule has 2 N–H and O–H groups in total. The minimum Gasteiger partial charge on any atom is -0.493 e. The number of H-pyrrole nitrogens is 1. The predicted octanol–water partition coefficient (Wildman–Crippen LogP) is 4.66. The first-order chi connectivity index (χ1) is 13.0. The average Bonchev–Trinajstić information content (AvgIpc) is 3.20. The number of aromatic nitrogens is 3. The summed E-state index contributed by atoms with van der Waals surface area (Å²) in [7, 11) is 0. The van der Waals surface area contributed by atoms with Crippen LogP contribution in [-0.2, 0) is 11.3 Å². The SMILES string of the molecule is CC(C)c1ccc2[nH]c(O)c(N=NC(=O)Cn3cnc4ccccc43)c2c1. The summed E-state index contributed by atoms with van der Waals surface area (Å²) < 4.78 is 1.72. The van der Waals surface area contributed by atoms with Crippen LogP contribution in [0.5, 0.6) is 5.88 Å². The standard InChI is InChI=1S/C20H19N5O2/c1-12(2)13-7-8-15-14(9-13)19(20(27)22-15)24-23-18(26)10-25-11-21-16-5-3-4-6-17(16)25/h3-9,11-12,22,27H,10H2,1-2H3. The highest BCUT2D eigenvalue weighted by atomic mass is 16.3. The number of carbonyl (C=O) groups is 1. The predicted molar refractivity (Wildman–Crippen MR) is 103 cm³/mol. The largest absolute Gasteiger partial charge is 0.493 e. The first-order valence-corrected chi connectivity index (χ1v) is 8.72. The minimum atomic E-state index is -0.424. The molecular weight excluding hydrogens is 342 g/mol. The molecule has 2 heterocycles. The van der Waals surface area contributed by atoms with Gasteiger partial charge in [-0.25, -0.2) is 4.98 Å². The Morgan fingerprint density at radius 3 is 2.89 bits per heavy atom. The Kier molecular flexibility index (Phi) is 4.19. The van der Waals surface area contributed by atoms with Crippen LogP contribution in [0, 0.1) is 0 Å². The number of hydrogen-bond donors (Lipinski definition) is 2. The van der Waals surface area contributed by atoms with E-state index in [0.29, 0.717) is 5.92 Å². The highest BCUT2D eigenvalue weighted by Gasteiger charge is 2.13. The lowest BCUT2D eigenvalue weighted by Gasteiger charge is -2.04. The zero-order valence-electron chi connectivity index (χ0n) is 15.0. The fraction of sp³-hybridized carbons (Fsp3) is 0.200. The molecule has 27 heavy (non-hydrogen) atoms. The van der Waals surface area contributed by atoms with Gasteiger partial charge in [-0.2, -0.15) is 0 Å². The number of benzene rings is 2. The number of imidazole rings is 1. The van der Waals surface area contributed by atoms with Crippen molar-refractivity contribution in [3.8, 4) is 5.88 Å². The number of azo groups is 1. The van der Waals surface area contributed by atoms with E-state index >= 15 is 0 Å². The summed E-state index contributed by atoms with van der Waals surface area (Å²) in [6.45, 7) is 4.21. The van der Waals surface area contributed by atoms with Gasteiger partial charge in [0.05, 0.1) is 22.9 Å². The third-order valence-corrected chi connectivity index (χ3v) is 4.54. The maximum Gasteiger partial charge on any atom is 0.284 e. The van der Waals surface area contributed by atoms with Crippen LogP contribution in [0.2, 0.25) is 0 Å². The van der Waals surface area contributed by atoms with Crippen LogP contribution in [0.25, 0.3) is 21.9 Å². The molecule has 2 aromatic heterocycles. The van der Waals surface area contributed by atoms with E-state index < -0.39 is 5.91 Å². The van der Waals surface area contributed by atoms with Crippen molar-refractivity contribution in [2.24, 2.45) is 10.2 Å². The van der Waals surface area contributed by atoms with Crippen molar-refractivity contribution in [2.75, 3.05) is 0 Å². The van der Waals surface area contributed by atoms with Gasteiger partial charge in [-0.05, 0) is 35.7 Å². The van der Waals surface area contributed by atoms with Crippen LogP contribution in [0.3, 0.4) is 0 Å². The number of aromatic hydroxyl groups is 1. The molecule has 0 spiro atoms. The molecule has 0 unspecified atom stereocenters. The van der Waals surface area contributed by atoms with Gasteiger partial charge < -0.3 is 14.7 Å². The van der Waals surface area contributed by atoms with Crippen LogP contribution in [0.4, 0.5) is 5.69 Å². The van der Waals surface area contributed by atoms with Crippen LogP contribution < -0.4 is 0 Å². The smallest absolute Gasteiger partial charge is 0.284 e. The second kappa shape index (κ2) is 6.68. The van der Waals surface area contributed by atoms with Crippen molar-refractivity contribution >= 4 is 33.5 Å². The van der Waals surface area contributed by atoms with Crippen LogP contribution in [-0.4, -0.2) is 25.5 Å². The summed E-state index contributed by atoms with van der Waals surface area (Å²) in [4.78, 5) is 19.4. The maximum atomic E-state index is 12.3. The second-order valence-corrected chi connectivity index (χ2v) is 6.74. The molecule has 7 nitrogen and oxygen atoms in total. The van der Waals surface area contributed by atoms with Gasteiger partial charge in [0.25, 0.3) is 5.91 Å². The molecule has 0 saturated carbocycles. The topological polar surface area (TPSA) is 95.6 Å². The normalized spacial score (nSPS) is 12.0. The molecule has 0 bridgehead atoms. The lowest BCUT2D eigenvalue weighted by atomic mass is 10.0. The molecule has 0 fully saturated rings. The molecule has 4 rings (SSSR count). The lowest BCUT2D eigenvalue weighted by Crippen LogP contribution is -2.05. The highest BCUT2D eigenvalue weighted by Crippen LogP contribution is 2.37. The maximum absolute atomic E-state index is 12.3. The molecule has 136 valence electrons. The Balaban J connectivity index is 1.61. The Morgan fingerprint density at radius 2 is 2.07 bits per heavy atom. The minimum absolute atomic E-state index is 0.0321. The van der Waals surface area contributed by atoms with Crippen molar-refractivity contribution in [3.63, 3.8) is 0 Å². The number of nitrogens with zero attached hydrogens (tertiary/aromatic N) is 4. The molecule has 2 aromatic carbocycles. The number of hydrogen-bond acceptors (Lipinski definition) is 4. The average molecular weight is 361 g/mol. The molecule has 0 atom stereocenters. The number of para-hydroxylation sites is 2. The number of rotatable bonds is 4. The number of fused-ring (bicyclic) bond motifs is 2. The van der Waals surface area contributed by atoms with Gasteiger partial charge in [0.15, 0.2) is 5.69 Å². The Hall–Kier alpha value is -3.48. The molecule has 0 radical (unpaired) electrons. The Labute approximate surface area is 155 Å². The molecule has 0 saturated heterocycles. The summed E-state index contributed by atoms with van der Waals surface area (Å²) in [6, 6.07) is 13.4. The van der Waals surface area contributed by atoms with Crippen molar-refractivity contribution in [1.82, 2.24) is 14.5 Å². The number of nitrogens with one attached hydrogen (secondary N) is 1. The zero-order chi connectivity index (χ0) is 19.0. The Morgan fingerprint density at radius 1 is 1.26 bits per heavy atom. The monoisotopic (exact) mass is 361 g/mol. The fourth-order valence-electron chi connectivity index (χ4n) is 3.06. The van der Waals surface area contributed by atoms with Gasteiger partial charge in [-0.15, -0.1) is 10.2 Å². The van der Waals surface area contributed by atoms with Crippen LogP contribution >= 0.6 is 0 Å². The molecule has 4 aromatic rings. The second-order valence-electron chi connectivity index (χ2n) is 6.74. The van der Waals surface area contributed by atoms with Crippen LogP contribution in [0.1, 0.15) is 25.3 Å². The number of carbonyl (C=O) groups excluding carboxylic acids is 1. The van der Waals surface area contributed by atoms with E-state index in [4.69, 9.17) is 0 Å². The number of amides is 1. The number of aromatic amines is 1. The molecule has 0 aliphatic heterocycles. The third-order valence-electron chi connectivity index (χ3n) is 4.54. The molecule has 7 heteroatoms. The van der Waals surface area contributed by atoms with Gasteiger partial charge in [-0.1, -0.05) is 32.0 Å². The molecule has 0 aliphatic rings. The van der Waals surface area contributed by atoms with Gasteiger partial charge in [0.2, 0.25) is 5.88 Å². The van der Waals surface area contributed by atoms with E-state index in [2.05, 4.69) is 34.0 Å². The van der Waals surface area contributed by atoms with Crippen LogP contribution in [0.15, 0.2) is 59.0 Å². The fourth-order valence-corrected chi connectivity index (χ4v) is 3.06. The summed E-state index contributed by atoms with van der Waals surface area (Å²) in [6.07, 6.45) is 1.61. The van der Waals surface area contributed by atoms with Crippen molar-refractivity contribution < 1.29 is 9.90 Å². The quantitative estimate of drug-likeness (QED) is 0.518. The van der Waals surface area contributed by atoms with Crippen molar-refractivity contribution in [1.29, 1.82) is 0 Å².